The van der Waals surface area contributed by atoms with E-state index in [2.05, 4.69) is 193 Å². The Bertz CT molecular complexity index is 2430. The van der Waals surface area contributed by atoms with E-state index in [0.29, 0.717) is 0 Å². The van der Waals surface area contributed by atoms with Gasteiger partial charge in [0.1, 0.15) is 0 Å². The monoisotopic (exact) mass is 602 g/mol. The van der Waals surface area contributed by atoms with Crippen molar-refractivity contribution in [3.8, 4) is 27.9 Å². The molecule has 0 aliphatic heterocycles. The first-order valence-electron chi connectivity index (χ1n) is 16.4. The Labute approximate surface area is 275 Å². The van der Waals surface area contributed by atoms with E-state index in [1.165, 1.54) is 60.9 Å². The predicted octanol–water partition coefficient (Wildman–Crippen LogP) is 12.2. The number of fused-ring (bicyclic) bond motifs is 6. The van der Waals surface area contributed by atoms with Crippen molar-refractivity contribution in [1.82, 2.24) is 4.57 Å². The van der Waals surface area contributed by atoms with Crippen molar-refractivity contribution in [2.45, 2.75) is 19.3 Å². The Morgan fingerprint density at radius 2 is 1.09 bits per heavy atom. The summed E-state index contributed by atoms with van der Waals surface area (Å²) in [7, 11) is 0. The van der Waals surface area contributed by atoms with E-state index < -0.39 is 0 Å². The lowest BCUT2D eigenvalue weighted by atomic mass is 9.82. The first-order chi connectivity index (χ1) is 23.1. The highest BCUT2D eigenvalue weighted by Crippen LogP contribution is 2.51. The summed E-state index contributed by atoms with van der Waals surface area (Å²) >= 11 is 0. The van der Waals surface area contributed by atoms with Crippen LogP contribution in [0.1, 0.15) is 25.0 Å². The topological polar surface area (TPSA) is 8.17 Å². The summed E-state index contributed by atoms with van der Waals surface area (Å²) in [5, 5.41) is 2.51. The summed E-state index contributed by atoms with van der Waals surface area (Å²) in [4.78, 5) is 2.42. The van der Waals surface area contributed by atoms with Gasteiger partial charge < -0.3 is 9.47 Å². The molecule has 0 fully saturated rings. The molecule has 0 radical (unpaired) electrons. The minimum Gasteiger partial charge on any atom is -0.310 e. The maximum atomic E-state index is 2.42. The fourth-order valence-electron chi connectivity index (χ4n) is 7.74. The normalized spacial score (nSPS) is 13.1. The lowest BCUT2D eigenvalue weighted by Gasteiger charge is -2.29. The van der Waals surface area contributed by atoms with E-state index in [9.17, 15) is 0 Å². The highest BCUT2D eigenvalue weighted by molar-refractivity contribution is 6.11. The van der Waals surface area contributed by atoms with Crippen LogP contribution >= 0.6 is 0 Å². The Hall–Kier alpha value is -5.86. The second kappa shape index (κ2) is 10.6. The van der Waals surface area contributed by atoms with Crippen LogP contribution in [0.25, 0.3) is 49.7 Å². The molecule has 0 atom stereocenters. The van der Waals surface area contributed by atoms with Crippen molar-refractivity contribution >= 4 is 38.9 Å². The summed E-state index contributed by atoms with van der Waals surface area (Å²) in [6.45, 7) is 4.70. The van der Waals surface area contributed by atoms with E-state index in [1.807, 2.05) is 0 Å². The standard InChI is InChI=1S/C45H34N2/c1-45(2)40-22-12-9-20-36(40)37-27-26-34(30-41(37)45)46(32-15-5-3-6-16-32)42-23-13-10-19-35(42)31-25-28-44-39(29-31)38-21-11-14-24-43(38)47(44)33-17-7-4-8-18-33/h3-30H,1-2H3. The van der Waals surface area contributed by atoms with Gasteiger partial charge in [0.2, 0.25) is 0 Å². The fourth-order valence-corrected chi connectivity index (χ4v) is 7.74. The molecule has 47 heavy (non-hydrogen) atoms. The lowest BCUT2D eigenvalue weighted by molar-refractivity contribution is 0.660. The molecule has 2 nitrogen and oxygen atoms in total. The average molecular weight is 603 g/mol. The molecule has 1 aromatic heterocycles. The van der Waals surface area contributed by atoms with Crippen LogP contribution < -0.4 is 4.90 Å². The second-order valence-electron chi connectivity index (χ2n) is 13.0. The minimum atomic E-state index is -0.0815. The summed E-state index contributed by atoms with van der Waals surface area (Å²) in [6.07, 6.45) is 0. The van der Waals surface area contributed by atoms with Crippen LogP contribution in [0.2, 0.25) is 0 Å². The molecular formula is C45H34N2. The molecule has 1 aliphatic carbocycles. The minimum absolute atomic E-state index is 0.0815. The van der Waals surface area contributed by atoms with Gasteiger partial charge in [-0.3, -0.25) is 0 Å². The van der Waals surface area contributed by atoms with Crippen LogP contribution in [-0.4, -0.2) is 4.57 Å². The van der Waals surface area contributed by atoms with Crippen LogP contribution in [0, 0.1) is 0 Å². The van der Waals surface area contributed by atoms with E-state index in [-0.39, 0.29) is 5.41 Å². The number of hydrogen-bond acceptors (Lipinski definition) is 1. The molecule has 0 saturated heterocycles. The van der Waals surface area contributed by atoms with Gasteiger partial charge in [0.25, 0.3) is 0 Å². The van der Waals surface area contributed by atoms with Crippen molar-refractivity contribution in [3.05, 3.63) is 181 Å². The molecule has 0 bridgehead atoms. The first kappa shape index (κ1) is 27.5. The second-order valence-corrected chi connectivity index (χ2v) is 13.0. The molecule has 2 heteroatoms. The zero-order valence-corrected chi connectivity index (χ0v) is 26.6. The third-order valence-electron chi connectivity index (χ3n) is 9.98. The smallest absolute Gasteiger partial charge is 0.0541 e. The quantitative estimate of drug-likeness (QED) is 0.190. The van der Waals surface area contributed by atoms with E-state index in [0.717, 1.165) is 17.1 Å². The molecule has 0 saturated carbocycles. The predicted molar refractivity (Wildman–Crippen MR) is 198 cm³/mol. The van der Waals surface area contributed by atoms with Crippen molar-refractivity contribution < 1.29 is 0 Å². The highest BCUT2D eigenvalue weighted by Gasteiger charge is 2.35. The van der Waals surface area contributed by atoms with E-state index >= 15 is 0 Å². The molecule has 9 rings (SSSR count). The fraction of sp³-hybridized carbons (Fsp3) is 0.0667. The Morgan fingerprint density at radius 1 is 0.447 bits per heavy atom. The molecule has 1 heterocycles. The summed E-state index contributed by atoms with van der Waals surface area (Å²) < 4.78 is 2.38. The number of benzene rings is 7. The van der Waals surface area contributed by atoms with Crippen LogP contribution in [0.5, 0.6) is 0 Å². The largest absolute Gasteiger partial charge is 0.310 e. The summed E-state index contributed by atoms with van der Waals surface area (Å²) in [5.74, 6) is 0. The zero-order valence-electron chi connectivity index (χ0n) is 26.6. The molecule has 8 aromatic rings. The number of anilines is 3. The molecule has 0 N–H and O–H groups in total. The van der Waals surface area contributed by atoms with Crippen LogP contribution in [0.3, 0.4) is 0 Å². The van der Waals surface area contributed by atoms with Crippen LogP contribution in [0.15, 0.2) is 170 Å². The van der Waals surface area contributed by atoms with Gasteiger partial charge in [-0.2, -0.15) is 0 Å². The maximum absolute atomic E-state index is 2.42. The molecule has 224 valence electrons. The van der Waals surface area contributed by atoms with Crippen molar-refractivity contribution in [3.63, 3.8) is 0 Å². The van der Waals surface area contributed by atoms with Gasteiger partial charge in [-0.05, 0) is 88.5 Å². The van der Waals surface area contributed by atoms with Gasteiger partial charge in [0.15, 0.2) is 0 Å². The number of para-hydroxylation sites is 4. The number of aromatic nitrogens is 1. The van der Waals surface area contributed by atoms with Crippen LogP contribution in [-0.2, 0) is 5.41 Å². The molecule has 7 aromatic carbocycles. The summed E-state index contributed by atoms with van der Waals surface area (Å²) in [5.41, 5.74) is 14.8. The first-order valence-corrected chi connectivity index (χ1v) is 16.4. The van der Waals surface area contributed by atoms with Gasteiger partial charge in [-0.25, -0.2) is 0 Å². The Balaban J connectivity index is 1.24. The SMILES string of the molecule is CC1(C)c2ccccc2-c2ccc(N(c3ccccc3)c3ccccc3-c3ccc4c(c3)c3ccccc3n4-c3ccccc3)cc21. The van der Waals surface area contributed by atoms with Gasteiger partial charge in [-0.15, -0.1) is 0 Å². The zero-order chi connectivity index (χ0) is 31.5. The molecule has 0 unspecified atom stereocenters. The van der Waals surface area contributed by atoms with Crippen molar-refractivity contribution in [1.29, 1.82) is 0 Å². The maximum Gasteiger partial charge on any atom is 0.0541 e. The van der Waals surface area contributed by atoms with Gasteiger partial charge in [-0.1, -0.05) is 123 Å². The van der Waals surface area contributed by atoms with Crippen LogP contribution in [0.4, 0.5) is 17.1 Å². The van der Waals surface area contributed by atoms with Gasteiger partial charge in [0, 0.05) is 38.8 Å². The van der Waals surface area contributed by atoms with E-state index in [4.69, 9.17) is 0 Å². The number of rotatable bonds is 5. The third kappa shape index (κ3) is 4.26. The Morgan fingerprint density at radius 3 is 1.91 bits per heavy atom. The number of hydrogen-bond donors (Lipinski definition) is 0. The molecule has 0 amide bonds. The van der Waals surface area contributed by atoms with Gasteiger partial charge in [0.05, 0.1) is 16.7 Å². The molecular weight excluding hydrogens is 569 g/mol. The van der Waals surface area contributed by atoms with E-state index in [1.54, 1.807) is 0 Å². The van der Waals surface area contributed by atoms with Gasteiger partial charge >= 0.3 is 0 Å². The lowest BCUT2D eigenvalue weighted by Crippen LogP contribution is -2.16. The average Bonchev–Trinajstić information content (AvgIpc) is 3.58. The van der Waals surface area contributed by atoms with Crippen molar-refractivity contribution in [2.75, 3.05) is 4.90 Å². The molecule has 0 spiro atoms. The Kier molecular flexibility index (Phi) is 6.20. The molecule has 1 aliphatic rings. The highest BCUT2D eigenvalue weighted by atomic mass is 15.1. The summed E-state index contributed by atoms with van der Waals surface area (Å²) in [6, 6.07) is 61.8. The third-order valence-corrected chi connectivity index (χ3v) is 9.98. The number of nitrogens with zero attached hydrogens (tertiary/aromatic N) is 2. The van der Waals surface area contributed by atoms with Crippen molar-refractivity contribution in [2.24, 2.45) is 0 Å².